The quantitative estimate of drug-likeness (QED) is 0.439. The smallest absolute Gasteiger partial charge is 0.299 e. The molecule has 9 heteroatoms. The Hall–Kier alpha value is -3.52. The Kier molecular flexibility index (Phi) is 5.09. The number of hydrogen-bond acceptors (Lipinski definition) is 6. The SMILES string of the molecule is O=Cc1ccc(OCc2cn(CCN3C(=O)C(=O)c4cc(Cl)ccc43)nn2)cc1. The average Bonchev–Trinajstić information content (AvgIpc) is 3.28. The monoisotopic (exact) mass is 410 g/mol. The van der Waals surface area contributed by atoms with E-state index in [0.717, 1.165) is 6.29 Å². The van der Waals surface area contributed by atoms with Crippen LogP contribution >= 0.6 is 11.6 Å². The highest BCUT2D eigenvalue weighted by molar-refractivity contribution is 6.52. The highest BCUT2D eigenvalue weighted by atomic mass is 35.5. The molecule has 0 atom stereocenters. The van der Waals surface area contributed by atoms with Crippen LogP contribution in [0, 0.1) is 0 Å². The van der Waals surface area contributed by atoms with Crippen molar-refractivity contribution in [2.24, 2.45) is 0 Å². The number of fused-ring (bicyclic) bond motifs is 1. The van der Waals surface area contributed by atoms with Gasteiger partial charge in [0.25, 0.3) is 11.7 Å². The molecule has 29 heavy (non-hydrogen) atoms. The van der Waals surface area contributed by atoms with Crippen molar-refractivity contribution in [2.75, 3.05) is 11.4 Å². The lowest BCUT2D eigenvalue weighted by Gasteiger charge is -2.16. The van der Waals surface area contributed by atoms with Crippen LogP contribution in [0.25, 0.3) is 0 Å². The Morgan fingerprint density at radius 3 is 2.62 bits per heavy atom. The standard InChI is InChI=1S/C20H15ClN4O4/c21-14-3-6-18-17(9-14)19(27)20(28)25(18)8-7-24-10-15(22-23-24)12-29-16-4-1-13(11-26)2-5-16/h1-6,9-11H,7-8,12H2. The molecule has 1 aliphatic heterocycles. The molecule has 2 aromatic carbocycles. The maximum Gasteiger partial charge on any atom is 0.299 e. The van der Waals surface area contributed by atoms with E-state index >= 15 is 0 Å². The van der Waals surface area contributed by atoms with Crippen molar-refractivity contribution in [3.63, 3.8) is 0 Å². The van der Waals surface area contributed by atoms with Crippen LogP contribution in [0.2, 0.25) is 5.02 Å². The second-order valence-electron chi connectivity index (χ2n) is 6.40. The predicted octanol–water partition coefficient (Wildman–Crippen LogP) is 2.55. The number of Topliss-reactive ketones (excluding diaryl/α,β-unsaturated/α-hetero) is 1. The minimum Gasteiger partial charge on any atom is -0.487 e. The van der Waals surface area contributed by atoms with Gasteiger partial charge < -0.3 is 9.64 Å². The summed E-state index contributed by atoms with van der Waals surface area (Å²) in [7, 11) is 0. The summed E-state index contributed by atoms with van der Waals surface area (Å²) >= 11 is 5.92. The van der Waals surface area contributed by atoms with Crippen molar-refractivity contribution in [2.45, 2.75) is 13.2 Å². The van der Waals surface area contributed by atoms with Crippen molar-refractivity contribution in [1.29, 1.82) is 0 Å². The van der Waals surface area contributed by atoms with Gasteiger partial charge in [0.2, 0.25) is 0 Å². The Balaban J connectivity index is 1.37. The van der Waals surface area contributed by atoms with Gasteiger partial charge in [0.15, 0.2) is 0 Å². The van der Waals surface area contributed by atoms with Crippen LogP contribution in [0.15, 0.2) is 48.7 Å². The van der Waals surface area contributed by atoms with Crippen LogP contribution < -0.4 is 9.64 Å². The van der Waals surface area contributed by atoms with Gasteiger partial charge in [-0.3, -0.25) is 19.1 Å². The number of amides is 1. The van der Waals surface area contributed by atoms with E-state index in [1.54, 1.807) is 47.3 Å². The van der Waals surface area contributed by atoms with Crippen molar-refractivity contribution in [3.8, 4) is 5.75 Å². The minimum absolute atomic E-state index is 0.211. The van der Waals surface area contributed by atoms with E-state index in [1.165, 1.54) is 11.0 Å². The third-order valence-electron chi connectivity index (χ3n) is 4.48. The number of benzene rings is 2. The zero-order valence-corrected chi connectivity index (χ0v) is 15.9. The molecule has 146 valence electrons. The lowest BCUT2D eigenvalue weighted by atomic mass is 10.1. The van der Waals surface area contributed by atoms with Crippen molar-refractivity contribution < 1.29 is 19.1 Å². The Bertz CT molecular complexity index is 1090. The molecule has 2 heterocycles. The number of ether oxygens (including phenoxy) is 1. The summed E-state index contributed by atoms with van der Waals surface area (Å²) in [4.78, 5) is 36.5. The number of anilines is 1. The molecule has 1 amide bonds. The topological polar surface area (TPSA) is 94.4 Å². The zero-order valence-electron chi connectivity index (χ0n) is 15.1. The first-order chi connectivity index (χ1) is 14.0. The number of aldehydes is 1. The van der Waals surface area contributed by atoms with Gasteiger partial charge in [-0.2, -0.15) is 0 Å². The first-order valence-electron chi connectivity index (χ1n) is 8.78. The minimum atomic E-state index is -0.579. The molecular formula is C20H15ClN4O4. The molecule has 0 saturated heterocycles. The summed E-state index contributed by atoms with van der Waals surface area (Å²) in [5.74, 6) is -0.526. The molecule has 0 radical (unpaired) electrons. The van der Waals surface area contributed by atoms with E-state index in [0.29, 0.717) is 39.8 Å². The first kappa shape index (κ1) is 18.8. The summed E-state index contributed by atoms with van der Waals surface area (Å²) in [6, 6.07) is 11.5. The van der Waals surface area contributed by atoms with Gasteiger partial charge >= 0.3 is 0 Å². The Morgan fingerprint density at radius 2 is 1.86 bits per heavy atom. The molecule has 0 unspecified atom stereocenters. The average molecular weight is 411 g/mol. The molecule has 0 fully saturated rings. The molecule has 0 spiro atoms. The maximum atomic E-state index is 12.3. The van der Waals surface area contributed by atoms with Crippen LogP contribution in [0.1, 0.15) is 26.4 Å². The van der Waals surface area contributed by atoms with Gasteiger partial charge in [-0.25, -0.2) is 0 Å². The second-order valence-corrected chi connectivity index (χ2v) is 6.83. The predicted molar refractivity (Wildman–Crippen MR) is 104 cm³/mol. The molecule has 4 rings (SSSR count). The number of carbonyl (C=O) groups is 3. The fourth-order valence-corrected chi connectivity index (χ4v) is 3.18. The summed E-state index contributed by atoms with van der Waals surface area (Å²) in [5.41, 5.74) is 2.05. The Labute approximate surface area is 170 Å². The molecule has 0 N–H and O–H groups in total. The molecule has 1 aliphatic rings. The van der Waals surface area contributed by atoms with E-state index in [9.17, 15) is 14.4 Å². The maximum absolute atomic E-state index is 12.3. The second kappa shape index (κ2) is 7.84. The molecule has 8 nitrogen and oxygen atoms in total. The van der Waals surface area contributed by atoms with Gasteiger partial charge in [0, 0.05) is 17.1 Å². The van der Waals surface area contributed by atoms with Gasteiger partial charge in [0.1, 0.15) is 24.3 Å². The van der Waals surface area contributed by atoms with E-state index in [1.807, 2.05) is 0 Å². The van der Waals surface area contributed by atoms with E-state index in [2.05, 4.69) is 10.3 Å². The fraction of sp³-hybridized carbons (Fsp3) is 0.150. The highest BCUT2D eigenvalue weighted by Crippen LogP contribution is 2.31. The molecular weight excluding hydrogens is 396 g/mol. The largest absolute Gasteiger partial charge is 0.487 e. The van der Waals surface area contributed by atoms with Gasteiger partial charge in [-0.05, 0) is 42.5 Å². The number of rotatable bonds is 7. The number of aromatic nitrogens is 3. The third kappa shape index (κ3) is 3.88. The van der Waals surface area contributed by atoms with Crippen LogP contribution in [0.3, 0.4) is 0 Å². The van der Waals surface area contributed by atoms with Crippen molar-refractivity contribution >= 4 is 35.3 Å². The van der Waals surface area contributed by atoms with Crippen LogP contribution in [-0.2, 0) is 17.9 Å². The molecule has 3 aromatic rings. The van der Waals surface area contributed by atoms with Crippen molar-refractivity contribution in [3.05, 3.63) is 70.5 Å². The number of ketones is 1. The Morgan fingerprint density at radius 1 is 1.07 bits per heavy atom. The summed E-state index contributed by atoms with van der Waals surface area (Å²) in [6.45, 7) is 0.848. The van der Waals surface area contributed by atoms with E-state index in [4.69, 9.17) is 16.3 Å². The van der Waals surface area contributed by atoms with E-state index in [-0.39, 0.29) is 13.2 Å². The van der Waals surface area contributed by atoms with Crippen molar-refractivity contribution in [1.82, 2.24) is 15.0 Å². The summed E-state index contributed by atoms with van der Waals surface area (Å²) < 4.78 is 7.20. The number of halogens is 1. The lowest BCUT2D eigenvalue weighted by molar-refractivity contribution is -0.114. The number of hydrogen-bond donors (Lipinski definition) is 0. The van der Waals surface area contributed by atoms with Gasteiger partial charge in [0.05, 0.1) is 24.0 Å². The normalized spacial score (nSPS) is 12.9. The highest BCUT2D eigenvalue weighted by Gasteiger charge is 2.35. The van der Waals surface area contributed by atoms with Crippen LogP contribution in [0.5, 0.6) is 5.75 Å². The van der Waals surface area contributed by atoms with Gasteiger partial charge in [-0.1, -0.05) is 16.8 Å². The number of carbonyl (C=O) groups excluding carboxylic acids is 3. The zero-order chi connectivity index (χ0) is 20.4. The summed E-state index contributed by atoms with van der Waals surface area (Å²) in [6.07, 6.45) is 2.48. The molecule has 0 aliphatic carbocycles. The molecule has 0 bridgehead atoms. The number of nitrogens with zero attached hydrogens (tertiary/aromatic N) is 4. The van der Waals surface area contributed by atoms with Crippen LogP contribution in [0.4, 0.5) is 5.69 Å². The summed E-state index contributed by atoms with van der Waals surface area (Å²) in [5, 5.41) is 8.48. The molecule has 0 saturated carbocycles. The first-order valence-corrected chi connectivity index (χ1v) is 9.16. The fourth-order valence-electron chi connectivity index (χ4n) is 3.01. The van der Waals surface area contributed by atoms with E-state index < -0.39 is 11.7 Å². The van der Waals surface area contributed by atoms with Crippen LogP contribution in [-0.4, -0.2) is 39.5 Å². The lowest BCUT2D eigenvalue weighted by Crippen LogP contribution is -2.32. The third-order valence-corrected chi connectivity index (χ3v) is 4.71. The van der Waals surface area contributed by atoms with Gasteiger partial charge in [-0.15, -0.1) is 5.10 Å². The molecule has 1 aromatic heterocycles.